The SMILES string of the molecule is Cn1cncc1C(OCc1cc(F)cc(F)c1)C1=CC(c2ccccc2)C(C)(C#N)C=C1. The number of aromatic nitrogens is 2. The fourth-order valence-corrected chi connectivity index (χ4v) is 4.02. The van der Waals surface area contributed by atoms with E-state index >= 15 is 0 Å². The van der Waals surface area contributed by atoms with Crippen molar-refractivity contribution in [3.8, 4) is 6.07 Å². The van der Waals surface area contributed by atoms with Crippen molar-refractivity contribution >= 4 is 0 Å². The predicted octanol–water partition coefficient (Wildman–Crippen LogP) is 5.77. The van der Waals surface area contributed by atoms with Crippen molar-refractivity contribution in [1.29, 1.82) is 5.26 Å². The second-order valence-corrected chi connectivity index (χ2v) is 8.18. The molecular weight excluding hydrogens is 408 g/mol. The summed E-state index contributed by atoms with van der Waals surface area (Å²) in [4.78, 5) is 4.20. The van der Waals surface area contributed by atoms with E-state index in [9.17, 15) is 14.0 Å². The molecule has 1 heterocycles. The van der Waals surface area contributed by atoms with Crippen LogP contribution in [-0.2, 0) is 18.4 Å². The lowest BCUT2D eigenvalue weighted by molar-refractivity contribution is 0.0606. The number of ether oxygens (including phenoxy) is 1. The number of rotatable bonds is 6. The van der Waals surface area contributed by atoms with Crippen molar-refractivity contribution in [2.45, 2.75) is 25.6 Å². The zero-order valence-electron chi connectivity index (χ0n) is 17.9. The Bertz CT molecular complexity index is 1190. The van der Waals surface area contributed by atoms with Gasteiger partial charge in [-0.05, 0) is 35.8 Å². The molecule has 3 atom stereocenters. The van der Waals surface area contributed by atoms with Gasteiger partial charge in [0, 0.05) is 19.0 Å². The molecule has 0 amide bonds. The number of hydrogen-bond acceptors (Lipinski definition) is 3. The molecule has 1 aliphatic carbocycles. The molecule has 4 nitrogen and oxygen atoms in total. The highest BCUT2D eigenvalue weighted by molar-refractivity contribution is 5.44. The van der Waals surface area contributed by atoms with Gasteiger partial charge in [0.05, 0.1) is 36.3 Å². The van der Waals surface area contributed by atoms with E-state index in [0.717, 1.165) is 22.9 Å². The maximum Gasteiger partial charge on any atom is 0.126 e. The first-order valence-electron chi connectivity index (χ1n) is 10.3. The van der Waals surface area contributed by atoms with Crippen LogP contribution in [0.15, 0.2) is 84.9 Å². The van der Waals surface area contributed by atoms with Gasteiger partial charge >= 0.3 is 0 Å². The van der Waals surface area contributed by atoms with E-state index in [1.54, 1.807) is 12.5 Å². The van der Waals surface area contributed by atoms with Gasteiger partial charge in [-0.2, -0.15) is 5.26 Å². The Morgan fingerprint density at radius 1 is 1.19 bits per heavy atom. The molecule has 2 aromatic carbocycles. The smallest absolute Gasteiger partial charge is 0.126 e. The molecule has 162 valence electrons. The number of halogens is 2. The fraction of sp³-hybridized carbons (Fsp3) is 0.231. The van der Waals surface area contributed by atoms with E-state index in [-0.39, 0.29) is 12.5 Å². The Labute approximate surface area is 186 Å². The number of benzene rings is 2. The van der Waals surface area contributed by atoms with Gasteiger partial charge in [0.25, 0.3) is 0 Å². The lowest BCUT2D eigenvalue weighted by Crippen LogP contribution is -2.24. The van der Waals surface area contributed by atoms with Crippen molar-refractivity contribution in [3.05, 3.63) is 113 Å². The molecule has 32 heavy (non-hydrogen) atoms. The molecule has 0 spiro atoms. The fourth-order valence-electron chi connectivity index (χ4n) is 4.02. The standard InChI is InChI=1S/C26H23F2N3O/c1-26(16-29)9-8-20(12-23(26)19-6-4-3-5-7-19)25(24-14-30-17-31(24)2)32-15-18-10-21(27)13-22(28)11-18/h3-14,17,23,25H,15H2,1-2H3. The lowest BCUT2D eigenvalue weighted by atomic mass is 9.70. The highest BCUT2D eigenvalue weighted by Crippen LogP contribution is 2.44. The molecule has 0 radical (unpaired) electrons. The number of aryl methyl sites for hydroxylation is 1. The second kappa shape index (κ2) is 8.89. The molecule has 6 heteroatoms. The molecule has 4 rings (SSSR count). The zero-order valence-corrected chi connectivity index (χ0v) is 17.9. The third-order valence-corrected chi connectivity index (χ3v) is 5.79. The van der Waals surface area contributed by atoms with Crippen LogP contribution >= 0.6 is 0 Å². The summed E-state index contributed by atoms with van der Waals surface area (Å²) >= 11 is 0. The maximum atomic E-state index is 13.6. The summed E-state index contributed by atoms with van der Waals surface area (Å²) < 4.78 is 35.3. The summed E-state index contributed by atoms with van der Waals surface area (Å²) in [6, 6.07) is 15.6. The van der Waals surface area contributed by atoms with Crippen LogP contribution in [0.4, 0.5) is 8.78 Å². The number of nitrogens with zero attached hydrogens (tertiary/aromatic N) is 3. The monoisotopic (exact) mass is 431 g/mol. The third-order valence-electron chi connectivity index (χ3n) is 5.79. The number of hydrogen-bond donors (Lipinski definition) is 0. The third kappa shape index (κ3) is 4.39. The van der Waals surface area contributed by atoms with Crippen LogP contribution in [0.1, 0.15) is 35.8 Å². The van der Waals surface area contributed by atoms with Crippen molar-refractivity contribution in [2.75, 3.05) is 0 Å². The number of allylic oxidation sites excluding steroid dienone is 2. The van der Waals surface area contributed by atoms with Gasteiger partial charge in [0.15, 0.2) is 0 Å². The summed E-state index contributed by atoms with van der Waals surface area (Å²) in [6.45, 7) is 1.92. The molecular formula is C26H23F2N3O. The highest BCUT2D eigenvalue weighted by Gasteiger charge is 2.36. The summed E-state index contributed by atoms with van der Waals surface area (Å²) in [5.74, 6) is -1.47. The summed E-state index contributed by atoms with van der Waals surface area (Å²) in [7, 11) is 1.86. The summed E-state index contributed by atoms with van der Waals surface area (Å²) in [5, 5.41) is 9.89. The van der Waals surface area contributed by atoms with Crippen molar-refractivity contribution < 1.29 is 13.5 Å². The van der Waals surface area contributed by atoms with Gasteiger partial charge in [-0.15, -0.1) is 0 Å². The molecule has 1 aliphatic rings. The molecule has 3 aromatic rings. The van der Waals surface area contributed by atoms with Crippen LogP contribution in [0.3, 0.4) is 0 Å². The largest absolute Gasteiger partial charge is 0.363 e. The molecule has 0 N–H and O–H groups in total. The Balaban J connectivity index is 1.71. The van der Waals surface area contributed by atoms with E-state index in [2.05, 4.69) is 11.1 Å². The zero-order chi connectivity index (χ0) is 22.7. The normalized spacial score (nSPS) is 21.1. The summed E-state index contributed by atoms with van der Waals surface area (Å²) in [5.41, 5.74) is 2.36. The van der Waals surface area contributed by atoms with Crippen LogP contribution < -0.4 is 0 Å². The van der Waals surface area contributed by atoms with Gasteiger partial charge in [-0.3, -0.25) is 0 Å². The van der Waals surface area contributed by atoms with Crippen LogP contribution in [-0.4, -0.2) is 9.55 Å². The van der Waals surface area contributed by atoms with Gasteiger partial charge in [-0.25, -0.2) is 13.8 Å². The van der Waals surface area contributed by atoms with Gasteiger partial charge in [0.1, 0.15) is 17.7 Å². The second-order valence-electron chi connectivity index (χ2n) is 8.18. The van der Waals surface area contributed by atoms with Crippen LogP contribution in [0.5, 0.6) is 0 Å². The first kappa shape index (κ1) is 21.7. The maximum absolute atomic E-state index is 13.6. The van der Waals surface area contributed by atoms with Crippen LogP contribution in [0.2, 0.25) is 0 Å². The number of nitriles is 1. The van der Waals surface area contributed by atoms with Crippen molar-refractivity contribution in [2.24, 2.45) is 12.5 Å². The first-order chi connectivity index (χ1) is 15.4. The Kier molecular flexibility index (Phi) is 6.02. The van der Waals surface area contributed by atoms with Gasteiger partial charge in [-0.1, -0.05) is 48.6 Å². The van der Waals surface area contributed by atoms with Crippen molar-refractivity contribution in [1.82, 2.24) is 9.55 Å². The molecule has 0 saturated heterocycles. The lowest BCUT2D eigenvalue weighted by Gasteiger charge is -2.33. The molecule has 0 aliphatic heterocycles. The van der Waals surface area contributed by atoms with Crippen LogP contribution in [0.25, 0.3) is 0 Å². The topological polar surface area (TPSA) is 50.8 Å². The Morgan fingerprint density at radius 2 is 1.91 bits per heavy atom. The van der Waals surface area contributed by atoms with E-state index in [1.165, 1.54) is 12.1 Å². The molecule has 1 aromatic heterocycles. The van der Waals surface area contributed by atoms with Gasteiger partial charge in [0.2, 0.25) is 0 Å². The van der Waals surface area contributed by atoms with Crippen molar-refractivity contribution in [3.63, 3.8) is 0 Å². The van der Waals surface area contributed by atoms with Gasteiger partial charge < -0.3 is 9.30 Å². The predicted molar refractivity (Wildman–Crippen MR) is 117 cm³/mol. The molecule has 0 bridgehead atoms. The Morgan fingerprint density at radius 3 is 2.53 bits per heavy atom. The minimum Gasteiger partial charge on any atom is -0.363 e. The summed E-state index contributed by atoms with van der Waals surface area (Å²) in [6.07, 6.45) is 8.69. The molecule has 3 unspecified atom stereocenters. The Hall–Kier alpha value is -3.56. The van der Waals surface area contributed by atoms with E-state index in [1.807, 2.05) is 67.1 Å². The minimum absolute atomic E-state index is 0.0151. The highest BCUT2D eigenvalue weighted by atomic mass is 19.1. The molecule has 0 saturated carbocycles. The first-order valence-corrected chi connectivity index (χ1v) is 10.3. The average molecular weight is 431 g/mol. The van der Waals surface area contributed by atoms with Crippen LogP contribution in [0, 0.1) is 28.4 Å². The average Bonchev–Trinajstić information content (AvgIpc) is 3.20. The quantitative estimate of drug-likeness (QED) is 0.498. The molecule has 0 fully saturated rings. The van der Waals surface area contributed by atoms with E-state index < -0.39 is 23.2 Å². The number of imidazole rings is 1. The van der Waals surface area contributed by atoms with E-state index in [0.29, 0.717) is 5.56 Å². The van der Waals surface area contributed by atoms with E-state index in [4.69, 9.17) is 4.74 Å². The minimum atomic E-state index is -0.715.